The van der Waals surface area contributed by atoms with Gasteiger partial charge in [0.1, 0.15) is 11.1 Å². The number of aryl methyl sites for hydroxylation is 2. The molecular weight excluding hydrogens is 232 g/mol. The maximum atomic E-state index is 11.6. The minimum Gasteiger partial charge on any atom is -0.437 e. The third kappa shape index (κ3) is 1.52. The molecule has 2 aliphatic rings. The first-order valence-electron chi connectivity index (χ1n) is 5.50. The molecule has 0 atom stereocenters. The first-order valence-corrected chi connectivity index (χ1v) is 5.50. The molecule has 0 saturated carbocycles. The van der Waals surface area contributed by atoms with Crippen LogP contribution in [0.25, 0.3) is 22.4 Å². The zero-order chi connectivity index (χ0) is 12.9. The standard InChI is InChI=1S/C13H10N2O3/c1-6-3-8-5-9-11(16)14-13(17)15-12(9)18-10(8)4-7(6)2/h3-5H,1-2H3,(H,14,16,17). The lowest BCUT2D eigenvalue weighted by atomic mass is 10.1. The lowest BCUT2D eigenvalue weighted by Gasteiger charge is -2.06. The van der Waals surface area contributed by atoms with E-state index in [1.54, 1.807) is 6.07 Å². The van der Waals surface area contributed by atoms with E-state index in [1.807, 2.05) is 26.0 Å². The molecule has 0 bridgehead atoms. The van der Waals surface area contributed by atoms with Gasteiger partial charge in [-0.1, -0.05) is 0 Å². The van der Waals surface area contributed by atoms with Gasteiger partial charge in [-0.3, -0.25) is 9.78 Å². The van der Waals surface area contributed by atoms with Crippen molar-refractivity contribution in [1.82, 2.24) is 9.97 Å². The van der Waals surface area contributed by atoms with Crippen molar-refractivity contribution < 1.29 is 4.42 Å². The van der Waals surface area contributed by atoms with Gasteiger partial charge in [0.15, 0.2) is 0 Å². The SMILES string of the molecule is Cc1cc2cc3c(=O)[nH]c(=O)nc-3oc2cc1C. The Morgan fingerprint density at radius 1 is 1.11 bits per heavy atom. The predicted molar refractivity (Wildman–Crippen MR) is 67.0 cm³/mol. The van der Waals surface area contributed by atoms with Gasteiger partial charge in [-0.05, 0) is 43.2 Å². The summed E-state index contributed by atoms with van der Waals surface area (Å²) in [5.74, 6) is 0.0690. The summed E-state index contributed by atoms with van der Waals surface area (Å²) in [7, 11) is 0. The van der Waals surface area contributed by atoms with Crippen LogP contribution in [0.4, 0.5) is 0 Å². The average molecular weight is 242 g/mol. The maximum Gasteiger partial charge on any atom is 0.351 e. The summed E-state index contributed by atoms with van der Waals surface area (Å²) in [6, 6.07) is 5.50. The first kappa shape index (κ1) is 10.7. The zero-order valence-electron chi connectivity index (χ0n) is 9.90. The number of benzene rings is 1. The molecule has 90 valence electrons. The van der Waals surface area contributed by atoms with E-state index in [1.165, 1.54) is 0 Å². The summed E-state index contributed by atoms with van der Waals surface area (Å²) >= 11 is 0. The van der Waals surface area contributed by atoms with E-state index in [4.69, 9.17) is 4.42 Å². The summed E-state index contributed by atoms with van der Waals surface area (Å²) in [4.78, 5) is 28.6. The highest BCUT2D eigenvalue weighted by Crippen LogP contribution is 2.25. The number of aromatic nitrogens is 2. The molecule has 0 radical (unpaired) electrons. The third-order valence-electron chi connectivity index (χ3n) is 3.03. The van der Waals surface area contributed by atoms with Crippen LogP contribution >= 0.6 is 0 Å². The summed E-state index contributed by atoms with van der Waals surface area (Å²) in [5, 5.41) is 0.816. The van der Waals surface area contributed by atoms with E-state index in [0.29, 0.717) is 5.58 Å². The molecule has 3 rings (SSSR count). The van der Waals surface area contributed by atoms with Crippen LogP contribution in [0.3, 0.4) is 0 Å². The minimum atomic E-state index is -0.695. The van der Waals surface area contributed by atoms with Crippen molar-refractivity contribution in [2.45, 2.75) is 13.8 Å². The fraction of sp³-hybridized carbons (Fsp3) is 0.154. The normalized spacial score (nSPS) is 11.2. The van der Waals surface area contributed by atoms with Crippen LogP contribution in [-0.4, -0.2) is 9.97 Å². The molecule has 2 aliphatic heterocycles. The van der Waals surface area contributed by atoms with Crippen LogP contribution in [0, 0.1) is 13.8 Å². The highest BCUT2D eigenvalue weighted by Gasteiger charge is 2.14. The molecular formula is C13H10N2O3. The lowest BCUT2D eigenvalue weighted by molar-refractivity contribution is 0.591. The Labute approximate surface area is 101 Å². The molecule has 1 aromatic rings. The van der Waals surface area contributed by atoms with E-state index in [9.17, 15) is 9.59 Å². The van der Waals surface area contributed by atoms with Gasteiger partial charge in [0.05, 0.1) is 0 Å². The maximum absolute atomic E-state index is 11.6. The van der Waals surface area contributed by atoms with Crippen LogP contribution in [0.2, 0.25) is 0 Å². The van der Waals surface area contributed by atoms with Crippen molar-refractivity contribution in [3.8, 4) is 11.5 Å². The van der Waals surface area contributed by atoms with Crippen LogP contribution < -0.4 is 11.2 Å². The second-order valence-electron chi connectivity index (χ2n) is 4.31. The Balaban J connectivity index is 2.52. The monoisotopic (exact) mass is 242 g/mol. The lowest BCUT2D eigenvalue weighted by Crippen LogP contribution is -2.24. The van der Waals surface area contributed by atoms with E-state index < -0.39 is 11.2 Å². The number of H-pyrrole nitrogens is 1. The number of hydrogen-bond donors (Lipinski definition) is 1. The highest BCUT2D eigenvalue weighted by molar-refractivity contribution is 5.83. The van der Waals surface area contributed by atoms with Crippen molar-refractivity contribution in [1.29, 1.82) is 0 Å². The second kappa shape index (κ2) is 3.53. The molecule has 5 heteroatoms. The van der Waals surface area contributed by atoms with Gasteiger partial charge in [0, 0.05) is 5.39 Å². The number of hydrogen-bond acceptors (Lipinski definition) is 4. The topological polar surface area (TPSA) is 76.0 Å². The quantitative estimate of drug-likeness (QED) is 0.607. The van der Waals surface area contributed by atoms with E-state index in [-0.39, 0.29) is 11.5 Å². The van der Waals surface area contributed by atoms with Gasteiger partial charge in [-0.15, -0.1) is 0 Å². The molecule has 0 spiro atoms. The molecule has 0 saturated heterocycles. The smallest absolute Gasteiger partial charge is 0.351 e. The highest BCUT2D eigenvalue weighted by atomic mass is 16.3. The summed E-state index contributed by atoms with van der Waals surface area (Å²) in [6.07, 6.45) is 0. The van der Waals surface area contributed by atoms with Crippen molar-refractivity contribution >= 4 is 11.0 Å². The fourth-order valence-electron chi connectivity index (χ4n) is 1.92. The van der Waals surface area contributed by atoms with Crippen LogP contribution in [0.5, 0.6) is 0 Å². The summed E-state index contributed by atoms with van der Waals surface area (Å²) < 4.78 is 5.51. The second-order valence-corrected chi connectivity index (χ2v) is 4.31. The molecule has 18 heavy (non-hydrogen) atoms. The number of nitrogens with one attached hydrogen (secondary N) is 1. The van der Waals surface area contributed by atoms with Gasteiger partial charge in [0.2, 0.25) is 5.89 Å². The Hall–Kier alpha value is -2.43. The third-order valence-corrected chi connectivity index (χ3v) is 3.03. The molecule has 0 aromatic heterocycles. The van der Waals surface area contributed by atoms with Crippen molar-refractivity contribution in [2.24, 2.45) is 0 Å². The van der Waals surface area contributed by atoms with E-state index in [0.717, 1.165) is 16.5 Å². The fourth-order valence-corrected chi connectivity index (χ4v) is 1.92. The van der Waals surface area contributed by atoms with Crippen molar-refractivity contribution in [3.63, 3.8) is 0 Å². The molecule has 2 heterocycles. The van der Waals surface area contributed by atoms with Gasteiger partial charge >= 0.3 is 5.69 Å². The number of aromatic amines is 1. The zero-order valence-corrected chi connectivity index (χ0v) is 9.90. The molecule has 1 N–H and O–H groups in total. The predicted octanol–water partition coefficient (Wildman–Crippen LogP) is 1.60. The molecule has 5 nitrogen and oxygen atoms in total. The Morgan fingerprint density at radius 2 is 1.83 bits per heavy atom. The van der Waals surface area contributed by atoms with Gasteiger partial charge in [0.25, 0.3) is 5.56 Å². The average Bonchev–Trinajstić information content (AvgIpc) is 2.29. The first-order chi connectivity index (χ1) is 8.54. The Morgan fingerprint density at radius 3 is 2.61 bits per heavy atom. The van der Waals surface area contributed by atoms with Gasteiger partial charge in [-0.25, -0.2) is 4.79 Å². The van der Waals surface area contributed by atoms with E-state index in [2.05, 4.69) is 9.97 Å². The Bertz CT molecular complexity index is 845. The Kier molecular flexibility index (Phi) is 2.10. The molecule has 0 aliphatic carbocycles. The summed E-state index contributed by atoms with van der Waals surface area (Å²) in [6.45, 7) is 3.96. The minimum absolute atomic E-state index is 0.0690. The number of fused-ring (bicyclic) bond motifs is 2. The molecule has 0 amide bonds. The van der Waals surface area contributed by atoms with Crippen LogP contribution in [-0.2, 0) is 0 Å². The molecule has 0 fully saturated rings. The largest absolute Gasteiger partial charge is 0.437 e. The molecule has 1 aromatic carbocycles. The summed E-state index contributed by atoms with van der Waals surface area (Å²) in [5.41, 5.74) is 1.92. The van der Waals surface area contributed by atoms with E-state index >= 15 is 0 Å². The van der Waals surface area contributed by atoms with Gasteiger partial charge < -0.3 is 4.42 Å². The number of nitrogens with zero attached hydrogens (tertiary/aromatic N) is 1. The number of rotatable bonds is 0. The van der Waals surface area contributed by atoms with Gasteiger partial charge in [-0.2, -0.15) is 4.98 Å². The van der Waals surface area contributed by atoms with Crippen LogP contribution in [0.1, 0.15) is 11.1 Å². The van der Waals surface area contributed by atoms with Crippen molar-refractivity contribution in [3.05, 3.63) is 50.2 Å². The van der Waals surface area contributed by atoms with Crippen LogP contribution in [0.15, 0.2) is 32.2 Å². The van der Waals surface area contributed by atoms with Crippen molar-refractivity contribution in [2.75, 3.05) is 0 Å². The molecule has 0 unspecified atom stereocenters.